The Morgan fingerprint density at radius 1 is 1.29 bits per heavy atom. The molecular formula is C22H24FN5O6. The summed E-state index contributed by atoms with van der Waals surface area (Å²) < 4.78 is 32.7. The first-order valence-corrected chi connectivity index (χ1v) is 10.8. The summed E-state index contributed by atoms with van der Waals surface area (Å²) in [5, 5.41) is 2.51. The van der Waals surface area contributed by atoms with Crippen molar-refractivity contribution in [3.05, 3.63) is 47.0 Å². The first-order chi connectivity index (χ1) is 16.3. The number of anilines is 1. The summed E-state index contributed by atoms with van der Waals surface area (Å²) >= 11 is 0. The van der Waals surface area contributed by atoms with Crippen LogP contribution in [0.25, 0.3) is 11.2 Å². The van der Waals surface area contributed by atoms with Gasteiger partial charge in [-0.1, -0.05) is 39.0 Å². The van der Waals surface area contributed by atoms with E-state index in [4.69, 9.17) is 14.2 Å². The lowest BCUT2D eigenvalue weighted by atomic mass is 10.1. The van der Waals surface area contributed by atoms with Crippen molar-refractivity contribution < 1.29 is 28.2 Å². The molecule has 180 valence electrons. The minimum Gasteiger partial charge on any atom is -0.423 e. The minimum absolute atomic E-state index is 0.0294. The number of aromatic nitrogens is 4. The van der Waals surface area contributed by atoms with E-state index in [1.54, 1.807) is 51.1 Å². The van der Waals surface area contributed by atoms with Crippen molar-refractivity contribution in [3.8, 4) is 5.75 Å². The smallest absolute Gasteiger partial charge is 0.423 e. The number of hydrogen-bond acceptors (Lipinski definition) is 8. The summed E-state index contributed by atoms with van der Waals surface area (Å²) in [6.07, 6.45) is -4.66. The van der Waals surface area contributed by atoms with Crippen molar-refractivity contribution in [2.75, 3.05) is 5.32 Å². The van der Waals surface area contributed by atoms with E-state index in [-0.39, 0.29) is 34.7 Å². The van der Waals surface area contributed by atoms with Gasteiger partial charge in [-0.05, 0) is 18.6 Å². The van der Waals surface area contributed by atoms with Crippen LogP contribution in [0.2, 0.25) is 0 Å². The molecule has 2 N–H and O–H groups in total. The number of rotatable bonds is 6. The number of nitrogens with one attached hydrogen (secondary N) is 2. The Morgan fingerprint density at radius 3 is 2.71 bits per heavy atom. The second-order valence-electron chi connectivity index (χ2n) is 8.05. The molecule has 0 spiro atoms. The zero-order valence-electron chi connectivity index (χ0n) is 18.7. The van der Waals surface area contributed by atoms with Gasteiger partial charge in [0, 0.05) is 5.92 Å². The standard InChI is InChI=1S/C22H24FN5O6/c1-4-13-14(23)16(34-22(31)32-12-8-6-5-7-9-12)20(33-13)28-10-24-15-17(28)25-21(27-19(15)30)26-18(29)11(2)3/h5-11,13-14,16,20H,4H2,1-3H3,(H2,25,26,27,29,30)/t13-,14+,16-,20-/m1/s1. The summed E-state index contributed by atoms with van der Waals surface area (Å²) in [7, 11) is 0. The molecule has 4 rings (SSSR count). The maximum atomic E-state index is 15.2. The second kappa shape index (κ2) is 9.59. The summed E-state index contributed by atoms with van der Waals surface area (Å²) in [5.41, 5.74) is -0.625. The summed E-state index contributed by atoms with van der Waals surface area (Å²) in [5.74, 6) is -0.571. The van der Waals surface area contributed by atoms with E-state index >= 15 is 4.39 Å². The molecule has 1 aliphatic heterocycles. The quantitative estimate of drug-likeness (QED) is 0.412. The van der Waals surface area contributed by atoms with Crippen LogP contribution in [0, 0.1) is 5.92 Å². The molecule has 11 nitrogen and oxygen atoms in total. The lowest BCUT2D eigenvalue weighted by molar-refractivity contribution is -0.118. The van der Waals surface area contributed by atoms with Crippen LogP contribution in [0.1, 0.15) is 33.4 Å². The normalized spacial score (nSPS) is 22.1. The van der Waals surface area contributed by atoms with Gasteiger partial charge in [-0.2, -0.15) is 4.98 Å². The van der Waals surface area contributed by atoms with Crippen LogP contribution in [-0.4, -0.2) is 50.0 Å². The van der Waals surface area contributed by atoms with Gasteiger partial charge in [-0.15, -0.1) is 0 Å². The number of carbonyl (C=O) groups is 2. The van der Waals surface area contributed by atoms with Crippen molar-refractivity contribution in [2.45, 2.75) is 51.8 Å². The molecule has 12 heteroatoms. The third-order valence-electron chi connectivity index (χ3n) is 5.32. The summed E-state index contributed by atoms with van der Waals surface area (Å²) in [6, 6.07) is 8.20. The van der Waals surface area contributed by atoms with E-state index in [0.717, 1.165) is 0 Å². The SMILES string of the molecule is CC[C@H]1O[C@@H](n2cnc3c(=O)[nH]c(NC(=O)C(C)C)nc32)[C@H](OC(=O)Oc2ccccc2)[C@H]1F. The van der Waals surface area contributed by atoms with E-state index in [1.165, 1.54) is 10.9 Å². The number of amides is 1. The highest BCUT2D eigenvalue weighted by Gasteiger charge is 2.49. The van der Waals surface area contributed by atoms with Crippen LogP contribution >= 0.6 is 0 Å². The van der Waals surface area contributed by atoms with Crippen molar-refractivity contribution in [1.29, 1.82) is 0 Å². The molecule has 2 aromatic heterocycles. The predicted molar refractivity (Wildman–Crippen MR) is 118 cm³/mol. The fourth-order valence-electron chi connectivity index (χ4n) is 3.52. The minimum atomic E-state index is -1.67. The first-order valence-electron chi connectivity index (χ1n) is 10.8. The monoisotopic (exact) mass is 473 g/mol. The van der Waals surface area contributed by atoms with Crippen molar-refractivity contribution in [2.24, 2.45) is 5.92 Å². The number of nitrogens with zero attached hydrogens (tertiary/aromatic N) is 3. The zero-order chi connectivity index (χ0) is 24.4. The van der Waals surface area contributed by atoms with Gasteiger partial charge in [0.2, 0.25) is 11.9 Å². The molecule has 0 unspecified atom stereocenters. The van der Waals surface area contributed by atoms with Gasteiger partial charge in [0.25, 0.3) is 5.56 Å². The van der Waals surface area contributed by atoms with E-state index in [9.17, 15) is 14.4 Å². The highest BCUT2D eigenvalue weighted by atomic mass is 19.1. The van der Waals surface area contributed by atoms with E-state index < -0.39 is 36.3 Å². The van der Waals surface area contributed by atoms with Crippen molar-refractivity contribution in [1.82, 2.24) is 19.5 Å². The Hall–Kier alpha value is -3.80. The van der Waals surface area contributed by atoms with Gasteiger partial charge in [0.15, 0.2) is 29.7 Å². The maximum absolute atomic E-state index is 15.2. The van der Waals surface area contributed by atoms with Gasteiger partial charge in [-0.25, -0.2) is 14.2 Å². The topological polar surface area (TPSA) is 137 Å². The molecule has 0 radical (unpaired) electrons. The molecule has 1 aromatic carbocycles. The number of ether oxygens (including phenoxy) is 3. The van der Waals surface area contributed by atoms with Gasteiger partial charge in [0.1, 0.15) is 5.75 Å². The Morgan fingerprint density at radius 2 is 2.03 bits per heavy atom. The number of H-pyrrole nitrogens is 1. The molecule has 3 heterocycles. The van der Waals surface area contributed by atoms with Gasteiger partial charge >= 0.3 is 6.16 Å². The van der Waals surface area contributed by atoms with E-state index in [0.29, 0.717) is 6.42 Å². The molecular weight excluding hydrogens is 449 g/mol. The van der Waals surface area contributed by atoms with Crippen molar-refractivity contribution in [3.63, 3.8) is 0 Å². The van der Waals surface area contributed by atoms with Gasteiger partial charge in [0.05, 0.1) is 12.4 Å². The number of fused-ring (bicyclic) bond motifs is 1. The van der Waals surface area contributed by atoms with Crippen LogP contribution in [0.4, 0.5) is 15.1 Å². The van der Waals surface area contributed by atoms with Crippen LogP contribution < -0.4 is 15.6 Å². The second-order valence-corrected chi connectivity index (χ2v) is 8.05. The summed E-state index contributed by atoms with van der Waals surface area (Å²) in [4.78, 5) is 47.6. The molecule has 1 amide bonds. The van der Waals surface area contributed by atoms with Gasteiger partial charge in [-0.3, -0.25) is 24.5 Å². The zero-order valence-corrected chi connectivity index (χ0v) is 18.7. The average molecular weight is 473 g/mol. The fraction of sp³-hybridized carbons (Fsp3) is 0.409. The third kappa shape index (κ3) is 4.62. The number of aromatic amines is 1. The first kappa shape index (κ1) is 23.4. The molecule has 0 saturated carbocycles. The Labute approximate surface area is 193 Å². The largest absolute Gasteiger partial charge is 0.514 e. The van der Waals surface area contributed by atoms with E-state index in [2.05, 4.69) is 20.3 Å². The Kier molecular flexibility index (Phi) is 6.59. The molecule has 1 fully saturated rings. The molecule has 1 aliphatic rings. The Balaban J connectivity index is 1.65. The number of hydrogen-bond donors (Lipinski definition) is 2. The molecule has 0 bridgehead atoms. The highest BCUT2D eigenvalue weighted by molar-refractivity contribution is 5.91. The number of halogens is 1. The molecule has 1 saturated heterocycles. The lowest BCUT2D eigenvalue weighted by Crippen LogP contribution is -2.34. The number of para-hydroxylation sites is 1. The lowest BCUT2D eigenvalue weighted by Gasteiger charge is -2.20. The number of imidazole rings is 1. The molecule has 34 heavy (non-hydrogen) atoms. The molecule has 3 aromatic rings. The maximum Gasteiger partial charge on any atom is 0.514 e. The van der Waals surface area contributed by atoms with Crippen LogP contribution in [0.15, 0.2) is 41.5 Å². The van der Waals surface area contributed by atoms with Crippen LogP contribution in [0.5, 0.6) is 5.75 Å². The highest BCUT2D eigenvalue weighted by Crippen LogP contribution is 2.36. The van der Waals surface area contributed by atoms with Crippen molar-refractivity contribution >= 4 is 29.2 Å². The third-order valence-corrected chi connectivity index (χ3v) is 5.32. The molecule has 0 aliphatic carbocycles. The predicted octanol–water partition coefficient (Wildman–Crippen LogP) is 2.94. The van der Waals surface area contributed by atoms with Crippen LogP contribution in [-0.2, 0) is 14.3 Å². The number of carbonyl (C=O) groups excluding carboxylic acids is 2. The number of benzene rings is 1. The average Bonchev–Trinajstić information content (AvgIpc) is 3.35. The molecule has 4 atom stereocenters. The number of alkyl halides is 1. The van der Waals surface area contributed by atoms with E-state index in [1.807, 2.05) is 0 Å². The Bertz CT molecular complexity index is 1240. The fourth-order valence-corrected chi connectivity index (χ4v) is 3.52. The summed E-state index contributed by atoms with van der Waals surface area (Å²) in [6.45, 7) is 5.10. The van der Waals surface area contributed by atoms with Crippen LogP contribution in [0.3, 0.4) is 0 Å². The van der Waals surface area contributed by atoms with Gasteiger partial charge < -0.3 is 14.2 Å².